The zero-order chi connectivity index (χ0) is 15.1. The number of thiazole rings is 1. The number of aromatic nitrogens is 1. The molecule has 2 rings (SSSR count). The van der Waals surface area contributed by atoms with E-state index in [2.05, 4.69) is 22.5 Å². The van der Waals surface area contributed by atoms with E-state index >= 15 is 0 Å². The van der Waals surface area contributed by atoms with Crippen LogP contribution in [0.4, 0.5) is 4.79 Å². The Morgan fingerprint density at radius 1 is 1.38 bits per heavy atom. The number of urea groups is 1. The molecule has 1 aromatic heterocycles. The summed E-state index contributed by atoms with van der Waals surface area (Å²) in [5.41, 5.74) is 0.323. The molecule has 0 radical (unpaired) electrons. The van der Waals surface area contributed by atoms with Crippen LogP contribution in [0.1, 0.15) is 49.7 Å². The molecule has 1 aromatic rings. The Bertz CT molecular complexity index is 456. The topological polar surface area (TPSA) is 74.2 Å². The normalized spacial score (nSPS) is 17.4. The van der Waals surface area contributed by atoms with E-state index in [0.29, 0.717) is 13.1 Å². The van der Waals surface area contributed by atoms with Crippen molar-refractivity contribution in [2.24, 2.45) is 0 Å². The van der Waals surface area contributed by atoms with Gasteiger partial charge in [0.2, 0.25) is 0 Å². The van der Waals surface area contributed by atoms with Crippen LogP contribution in [-0.4, -0.2) is 34.8 Å². The van der Waals surface area contributed by atoms with E-state index in [-0.39, 0.29) is 6.03 Å². The molecule has 5 nitrogen and oxygen atoms in total. The molecule has 1 fully saturated rings. The summed E-state index contributed by atoms with van der Waals surface area (Å²) in [5.74, 6) is 0. The lowest BCUT2D eigenvalue weighted by Gasteiger charge is -2.32. The molecule has 21 heavy (non-hydrogen) atoms. The van der Waals surface area contributed by atoms with Crippen molar-refractivity contribution >= 4 is 17.4 Å². The van der Waals surface area contributed by atoms with Gasteiger partial charge in [0.05, 0.1) is 16.3 Å². The van der Waals surface area contributed by atoms with Crippen molar-refractivity contribution in [1.29, 1.82) is 0 Å². The lowest BCUT2D eigenvalue weighted by molar-refractivity contribution is 0.00720. The molecule has 1 aliphatic rings. The quantitative estimate of drug-likeness (QED) is 0.754. The molecule has 0 aromatic carbocycles. The minimum absolute atomic E-state index is 0.208. The molecule has 0 atom stereocenters. The maximum atomic E-state index is 11.7. The second-order valence-electron chi connectivity index (χ2n) is 5.73. The summed E-state index contributed by atoms with van der Waals surface area (Å²) < 4.78 is 0. The van der Waals surface area contributed by atoms with Gasteiger partial charge in [0, 0.05) is 24.9 Å². The molecule has 1 aliphatic carbocycles. The van der Waals surface area contributed by atoms with Crippen molar-refractivity contribution in [2.45, 2.75) is 57.5 Å². The zero-order valence-electron chi connectivity index (χ0n) is 12.7. The molecular formula is C15H25N3O2S. The first-order chi connectivity index (χ1) is 10.1. The van der Waals surface area contributed by atoms with Crippen LogP contribution in [0.15, 0.2) is 5.38 Å². The van der Waals surface area contributed by atoms with Crippen LogP contribution in [-0.2, 0) is 12.8 Å². The minimum Gasteiger partial charge on any atom is -0.388 e. The van der Waals surface area contributed by atoms with E-state index in [1.165, 1.54) is 6.42 Å². The number of carbonyl (C=O) groups is 1. The van der Waals surface area contributed by atoms with Crippen molar-refractivity contribution in [3.63, 3.8) is 0 Å². The third-order valence-electron chi connectivity index (χ3n) is 3.93. The molecule has 0 aliphatic heterocycles. The molecule has 6 heteroatoms. The Morgan fingerprint density at radius 2 is 2.14 bits per heavy atom. The van der Waals surface area contributed by atoms with Gasteiger partial charge in [-0.1, -0.05) is 26.2 Å². The molecule has 0 spiro atoms. The van der Waals surface area contributed by atoms with Crippen LogP contribution < -0.4 is 10.6 Å². The van der Waals surface area contributed by atoms with Gasteiger partial charge in [-0.15, -0.1) is 11.3 Å². The van der Waals surface area contributed by atoms with E-state index in [9.17, 15) is 9.90 Å². The predicted octanol–water partition coefficient (Wildman–Crippen LogP) is 2.24. The van der Waals surface area contributed by atoms with Crippen LogP contribution in [0.3, 0.4) is 0 Å². The van der Waals surface area contributed by atoms with E-state index in [4.69, 9.17) is 0 Å². The van der Waals surface area contributed by atoms with Crippen LogP contribution in [0.5, 0.6) is 0 Å². The molecule has 0 saturated heterocycles. The van der Waals surface area contributed by atoms with Crippen molar-refractivity contribution in [3.8, 4) is 0 Å². The van der Waals surface area contributed by atoms with Crippen molar-refractivity contribution in [1.82, 2.24) is 15.6 Å². The minimum atomic E-state index is -0.708. The summed E-state index contributed by atoms with van der Waals surface area (Å²) in [5, 5.41) is 19.1. The molecule has 2 amide bonds. The Hall–Kier alpha value is -1.14. The van der Waals surface area contributed by atoms with E-state index in [1.54, 1.807) is 11.3 Å². The highest BCUT2D eigenvalue weighted by Gasteiger charge is 2.29. The average molecular weight is 311 g/mol. The van der Waals surface area contributed by atoms with Gasteiger partial charge in [-0.25, -0.2) is 9.78 Å². The number of aryl methyl sites for hydroxylation is 1. The zero-order valence-corrected chi connectivity index (χ0v) is 13.5. The highest BCUT2D eigenvalue weighted by atomic mass is 32.1. The number of hydrogen-bond acceptors (Lipinski definition) is 4. The molecule has 0 bridgehead atoms. The lowest BCUT2D eigenvalue weighted by atomic mass is 9.85. The average Bonchev–Trinajstić information content (AvgIpc) is 2.94. The fourth-order valence-electron chi connectivity index (χ4n) is 2.62. The Morgan fingerprint density at radius 3 is 2.81 bits per heavy atom. The summed E-state index contributed by atoms with van der Waals surface area (Å²) in [6, 6.07) is -0.208. The van der Waals surface area contributed by atoms with Crippen molar-refractivity contribution in [2.75, 3.05) is 13.1 Å². The molecule has 118 valence electrons. The van der Waals surface area contributed by atoms with E-state index in [1.807, 2.05) is 5.38 Å². The number of hydrogen-bond donors (Lipinski definition) is 3. The van der Waals surface area contributed by atoms with Crippen molar-refractivity contribution in [3.05, 3.63) is 16.1 Å². The number of amides is 2. The van der Waals surface area contributed by atoms with E-state index < -0.39 is 5.60 Å². The maximum Gasteiger partial charge on any atom is 0.314 e. The first-order valence-corrected chi connectivity index (χ1v) is 8.67. The smallest absolute Gasteiger partial charge is 0.314 e. The van der Waals surface area contributed by atoms with Gasteiger partial charge in [-0.05, 0) is 19.3 Å². The Balaban J connectivity index is 1.63. The van der Waals surface area contributed by atoms with Crippen molar-refractivity contribution < 1.29 is 9.90 Å². The van der Waals surface area contributed by atoms with Gasteiger partial charge < -0.3 is 15.7 Å². The molecule has 1 saturated carbocycles. The third kappa shape index (κ3) is 5.28. The predicted molar refractivity (Wildman–Crippen MR) is 84.6 cm³/mol. The molecular weight excluding hydrogens is 286 g/mol. The summed E-state index contributed by atoms with van der Waals surface area (Å²) in [6.07, 6.45) is 6.54. The van der Waals surface area contributed by atoms with Gasteiger partial charge in [0.15, 0.2) is 0 Å². The number of nitrogens with zero attached hydrogens (tertiary/aromatic N) is 1. The number of carbonyl (C=O) groups excluding carboxylic acids is 1. The van der Waals surface area contributed by atoms with Gasteiger partial charge in [0.1, 0.15) is 0 Å². The summed E-state index contributed by atoms with van der Waals surface area (Å²) >= 11 is 1.66. The van der Waals surface area contributed by atoms with Gasteiger partial charge in [0.25, 0.3) is 0 Å². The highest BCUT2D eigenvalue weighted by Crippen LogP contribution is 2.27. The third-order valence-corrected chi connectivity index (χ3v) is 4.97. The SMILES string of the molecule is CCc1nc(CCNC(=O)NCC2(O)CCCCC2)cs1. The molecule has 0 unspecified atom stereocenters. The number of aliphatic hydroxyl groups is 1. The first kappa shape index (κ1) is 16.2. The second-order valence-corrected chi connectivity index (χ2v) is 6.67. The monoisotopic (exact) mass is 311 g/mol. The maximum absolute atomic E-state index is 11.7. The number of rotatable bonds is 6. The lowest BCUT2D eigenvalue weighted by Crippen LogP contribution is -2.47. The van der Waals surface area contributed by atoms with Crippen LogP contribution >= 0.6 is 11.3 Å². The van der Waals surface area contributed by atoms with E-state index in [0.717, 1.165) is 49.2 Å². The second kappa shape index (κ2) is 7.75. The molecule has 3 N–H and O–H groups in total. The van der Waals surface area contributed by atoms with Gasteiger partial charge in [-0.2, -0.15) is 0 Å². The first-order valence-electron chi connectivity index (χ1n) is 7.79. The standard InChI is InChI=1S/C15H25N3O2S/c1-2-13-18-12(10-21-13)6-9-16-14(19)17-11-15(20)7-4-3-5-8-15/h10,20H,2-9,11H2,1H3,(H2,16,17,19). The fourth-order valence-corrected chi connectivity index (χ4v) is 3.40. The highest BCUT2D eigenvalue weighted by molar-refractivity contribution is 7.09. The summed E-state index contributed by atoms with van der Waals surface area (Å²) in [4.78, 5) is 16.2. The van der Waals surface area contributed by atoms with Crippen LogP contribution in [0.2, 0.25) is 0 Å². The van der Waals surface area contributed by atoms with Crippen LogP contribution in [0.25, 0.3) is 0 Å². The number of nitrogens with one attached hydrogen (secondary N) is 2. The Kier molecular flexibility index (Phi) is 5.99. The van der Waals surface area contributed by atoms with Crippen LogP contribution in [0, 0.1) is 0 Å². The largest absolute Gasteiger partial charge is 0.388 e. The Labute approximate surface area is 130 Å². The fraction of sp³-hybridized carbons (Fsp3) is 0.733. The summed E-state index contributed by atoms with van der Waals surface area (Å²) in [7, 11) is 0. The summed E-state index contributed by atoms with van der Waals surface area (Å²) in [6.45, 7) is 3.00. The van der Waals surface area contributed by atoms with Gasteiger partial charge >= 0.3 is 6.03 Å². The van der Waals surface area contributed by atoms with Gasteiger partial charge in [-0.3, -0.25) is 0 Å². The molecule has 1 heterocycles.